The van der Waals surface area contributed by atoms with Gasteiger partial charge < -0.3 is 4.74 Å². The van der Waals surface area contributed by atoms with E-state index in [1.54, 1.807) is 6.08 Å². The summed E-state index contributed by atoms with van der Waals surface area (Å²) < 4.78 is 17.9. The molecule has 0 bridgehead atoms. The Balaban J connectivity index is 2.49. The third-order valence-corrected chi connectivity index (χ3v) is 1.81. The normalized spacial score (nSPS) is 10.9. The van der Waals surface area contributed by atoms with E-state index in [2.05, 4.69) is 16.9 Å². The van der Waals surface area contributed by atoms with Crippen molar-refractivity contribution in [3.8, 4) is 0 Å². The van der Waals surface area contributed by atoms with Crippen LogP contribution in [0.4, 0.5) is 4.39 Å². The molecule has 0 aliphatic carbocycles. The predicted molar refractivity (Wildman–Crippen MR) is 56.9 cm³/mol. The predicted octanol–water partition coefficient (Wildman–Crippen LogP) is 3.06. The highest BCUT2D eigenvalue weighted by molar-refractivity contribution is 6.28. The molecule has 0 fully saturated rings. The van der Waals surface area contributed by atoms with Crippen molar-refractivity contribution >= 4 is 17.7 Å². The first-order valence-electron chi connectivity index (χ1n) is 4.70. The molecular weight excluding hydrogens is 219 g/mol. The summed E-state index contributed by atoms with van der Waals surface area (Å²) in [6.45, 7) is 2.72. The van der Waals surface area contributed by atoms with Gasteiger partial charge >= 0.3 is 0 Å². The molecule has 1 rings (SSSR count). The quantitative estimate of drug-likeness (QED) is 0.338. The van der Waals surface area contributed by atoms with Gasteiger partial charge in [-0.25, -0.2) is 4.98 Å². The van der Waals surface area contributed by atoms with E-state index >= 15 is 0 Å². The molecule has 0 aliphatic rings. The molecule has 15 heavy (non-hydrogen) atoms. The fraction of sp³-hybridized carbons (Fsp3) is 0.400. The van der Waals surface area contributed by atoms with Gasteiger partial charge in [-0.15, -0.1) is 0 Å². The number of hydrogen-bond donors (Lipinski definition) is 0. The molecule has 0 saturated heterocycles. The summed E-state index contributed by atoms with van der Waals surface area (Å²) in [4.78, 5) is 7.10. The van der Waals surface area contributed by atoms with E-state index in [1.165, 1.54) is 12.3 Å². The molecule has 82 valence electrons. The molecule has 0 amide bonds. The van der Waals surface area contributed by atoms with Crippen LogP contribution in [0.2, 0.25) is 5.28 Å². The second-order valence-corrected chi connectivity index (χ2v) is 3.25. The summed E-state index contributed by atoms with van der Waals surface area (Å²) in [5.74, 6) is -0.650. The monoisotopic (exact) mass is 230 g/mol. The largest absolute Gasteiger partial charge is 0.501 e. The van der Waals surface area contributed by atoms with Gasteiger partial charge in [-0.2, -0.15) is 9.37 Å². The molecule has 1 heterocycles. The molecular formula is C10H12ClFN2O. The van der Waals surface area contributed by atoms with E-state index in [0.717, 1.165) is 12.8 Å². The summed E-state index contributed by atoms with van der Waals surface area (Å²) in [7, 11) is 0. The topological polar surface area (TPSA) is 35.0 Å². The minimum absolute atomic E-state index is 0.108. The maximum Gasteiger partial charge on any atom is 0.225 e. The Morgan fingerprint density at radius 1 is 1.53 bits per heavy atom. The van der Waals surface area contributed by atoms with E-state index in [0.29, 0.717) is 12.3 Å². The number of rotatable bonds is 5. The highest BCUT2D eigenvalue weighted by atomic mass is 35.5. The van der Waals surface area contributed by atoms with Crippen molar-refractivity contribution in [2.24, 2.45) is 0 Å². The van der Waals surface area contributed by atoms with Crippen LogP contribution in [0.3, 0.4) is 0 Å². The first kappa shape index (κ1) is 11.9. The zero-order valence-corrected chi connectivity index (χ0v) is 9.17. The Morgan fingerprint density at radius 3 is 3.00 bits per heavy atom. The van der Waals surface area contributed by atoms with Crippen LogP contribution >= 0.6 is 11.6 Å². The van der Waals surface area contributed by atoms with Gasteiger partial charge in [-0.3, -0.25) is 0 Å². The molecule has 0 radical (unpaired) electrons. The van der Waals surface area contributed by atoms with Gasteiger partial charge in [0.25, 0.3) is 0 Å². The van der Waals surface area contributed by atoms with Gasteiger partial charge in [0, 0.05) is 6.07 Å². The molecule has 0 atom stereocenters. The minimum atomic E-state index is -0.650. The van der Waals surface area contributed by atoms with E-state index in [1.807, 2.05) is 0 Å². The van der Waals surface area contributed by atoms with Crippen molar-refractivity contribution in [3.63, 3.8) is 0 Å². The van der Waals surface area contributed by atoms with Gasteiger partial charge in [0.1, 0.15) is 0 Å². The number of nitrogens with zero attached hydrogens (tertiary/aromatic N) is 2. The van der Waals surface area contributed by atoms with Crippen LogP contribution in [0.15, 0.2) is 12.3 Å². The summed E-state index contributed by atoms with van der Waals surface area (Å²) in [6.07, 6.45) is 5.09. The lowest BCUT2D eigenvalue weighted by molar-refractivity contribution is 0.246. The standard InChI is InChI=1S/C10H12ClFN2O/c1-2-3-5-15-6-4-8-7-9(12)14-10(11)13-8/h4,6-7H,2-3,5H2,1H3/b6-4-. The van der Waals surface area contributed by atoms with E-state index < -0.39 is 5.95 Å². The molecule has 3 nitrogen and oxygen atoms in total. The average molecular weight is 231 g/mol. The number of halogens is 2. The third kappa shape index (κ3) is 4.74. The summed E-state index contributed by atoms with van der Waals surface area (Å²) in [6, 6.07) is 1.19. The van der Waals surface area contributed by atoms with Crippen molar-refractivity contribution in [1.82, 2.24) is 9.97 Å². The van der Waals surface area contributed by atoms with Crippen molar-refractivity contribution in [2.75, 3.05) is 6.61 Å². The maximum absolute atomic E-state index is 12.7. The zero-order chi connectivity index (χ0) is 11.1. The molecule has 1 aromatic heterocycles. The van der Waals surface area contributed by atoms with Crippen LogP contribution in [0.5, 0.6) is 0 Å². The van der Waals surface area contributed by atoms with Crippen LogP contribution in [-0.2, 0) is 4.74 Å². The number of unbranched alkanes of at least 4 members (excludes halogenated alkanes) is 1. The van der Waals surface area contributed by atoms with Crippen molar-refractivity contribution in [1.29, 1.82) is 0 Å². The van der Waals surface area contributed by atoms with Gasteiger partial charge in [0.05, 0.1) is 18.6 Å². The Morgan fingerprint density at radius 2 is 2.33 bits per heavy atom. The van der Waals surface area contributed by atoms with Gasteiger partial charge in [-0.1, -0.05) is 13.3 Å². The summed E-state index contributed by atoms with van der Waals surface area (Å²) in [5.41, 5.74) is 0.393. The van der Waals surface area contributed by atoms with Crippen LogP contribution in [-0.4, -0.2) is 16.6 Å². The molecule has 0 aromatic carbocycles. The van der Waals surface area contributed by atoms with Crippen LogP contribution in [0.1, 0.15) is 25.5 Å². The fourth-order valence-corrected chi connectivity index (χ4v) is 1.08. The highest BCUT2D eigenvalue weighted by Crippen LogP contribution is 2.06. The van der Waals surface area contributed by atoms with E-state index in [-0.39, 0.29) is 5.28 Å². The number of aromatic nitrogens is 2. The van der Waals surface area contributed by atoms with Gasteiger partial charge in [-0.05, 0) is 24.1 Å². The third-order valence-electron chi connectivity index (χ3n) is 1.64. The SMILES string of the molecule is CCCCO/C=C\c1cc(F)nc(Cl)n1. The highest BCUT2D eigenvalue weighted by Gasteiger charge is 1.98. The molecule has 0 saturated carbocycles. The van der Waals surface area contributed by atoms with E-state index in [4.69, 9.17) is 16.3 Å². The molecule has 5 heteroatoms. The maximum atomic E-state index is 12.7. The van der Waals surface area contributed by atoms with Gasteiger partial charge in [0.2, 0.25) is 11.2 Å². The Hall–Kier alpha value is -1.16. The Kier molecular flexibility index (Phi) is 5.04. The lowest BCUT2D eigenvalue weighted by Gasteiger charge is -1.98. The molecule has 0 unspecified atom stereocenters. The van der Waals surface area contributed by atoms with Crippen LogP contribution in [0, 0.1) is 5.95 Å². The summed E-state index contributed by atoms with van der Waals surface area (Å²) in [5, 5.41) is -0.108. The molecule has 0 spiro atoms. The number of hydrogen-bond acceptors (Lipinski definition) is 3. The average Bonchev–Trinajstić information content (AvgIpc) is 2.16. The Labute approximate surface area is 93.0 Å². The van der Waals surface area contributed by atoms with Crippen LogP contribution < -0.4 is 0 Å². The van der Waals surface area contributed by atoms with Crippen LogP contribution in [0.25, 0.3) is 6.08 Å². The number of ether oxygens (including phenoxy) is 1. The Bertz CT molecular complexity index is 324. The second-order valence-electron chi connectivity index (χ2n) is 2.91. The zero-order valence-electron chi connectivity index (χ0n) is 8.41. The van der Waals surface area contributed by atoms with Crippen molar-refractivity contribution < 1.29 is 9.13 Å². The van der Waals surface area contributed by atoms with Crippen molar-refractivity contribution in [3.05, 3.63) is 29.3 Å². The molecule has 0 N–H and O–H groups in total. The molecule has 0 aliphatic heterocycles. The lowest BCUT2D eigenvalue weighted by Crippen LogP contribution is -1.91. The first-order chi connectivity index (χ1) is 7.22. The van der Waals surface area contributed by atoms with Gasteiger partial charge in [0.15, 0.2) is 0 Å². The second kappa shape index (κ2) is 6.35. The van der Waals surface area contributed by atoms with E-state index in [9.17, 15) is 4.39 Å². The molecule has 1 aromatic rings. The first-order valence-corrected chi connectivity index (χ1v) is 5.08. The minimum Gasteiger partial charge on any atom is -0.501 e. The van der Waals surface area contributed by atoms with Crippen molar-refractivity contribution in [2.45, 2.75) is 19.8 Å². The lowest BCUT2D eigenvalue weighted by atomic mass is 10.4. The smallest absolute Gasteiger partial charge is 0.225 e. The summed E-state index contributed by atoms with van der Waals surface area (Å²) >= 11 is 5.48. The fourth-order valence-electron chi connectivity index (χ4n) is 0.905.